The van der Waals surface area contributed by atoms with Gasteiger partial charge in [-0.25, -0.2) is 23.3 Å². The molecule has 9 nitrogen and oxygen atoms in total. The molecule has 0 aliphatic carbocycles. The summed E-state index contributed by atoms with van der Waals surface area (Å²) in [6.45, 7) is 3.60. The first-order chi connectivity index (χ1) is 14.1. The lowest BCUT2D eigenvalue weighted by molar-refractivity contribution is 0.102. The van der Waals surface area contributed by atoms with Gasteiger partial charge in [0.15, 0.2) is 5.13 Å². The number of nitrogens with zero attached hydrogens (tertiary/aromatic N) is 1. The van der Waals surface area contributed by atoms with E-state index >= 15 is 0 Å². The number of benzene rings is 2. The number of urea groups is 1. The fourth-order valence-electron chi connectivity index (χ4n) is 2.47. The molecule has 0 saturated heterocycles. The Morgan fingerprint density at radius 1 is 0.900 bits per heavy atom. The zero-order valence-electron chi connectivity index (χ0n) is 16.1. The van der Waals surface area contributed by atoms with E-state index in [1.54, 1.807) is 19.1 Å². The number of hydrogen-bond acceptors (Lipinski definition) is 6. The van der Waals surface area contributed by atoms with Crippen LogP contribution in [0.2, 0.25) is 0 Å². The van der Waals surface area contributed by atoms with Gasteiger partial charge in [0.2, 0.25) is 10.0 Å². The lowest BCUT2D eigenvalue weighted by Crippen LogP contribution is -2.19. The second-order valence-electron chi connectivity index (χ2n) is 6.40. The third kappa shape index (κ3) is 5.41. The summed E-state index contributed by atoms with van der Waals surface area (Å²) in [5.41, 5.74) is 2.55. The molecular formula is C19H19N5O4S2. The van der Waals surface area contributed by atoms with Crippen LogP contribution in [0.4, 0.5) is 21.3 Å². The van der Waals surface area contributed by atoms with Crippen molar-refractivity contribution in [3.63, 3.8) is 0 Å². The highest BCUT2D eigenvalue weighted by molar-refractivity contribution is 7.89. The summed E-state index contributed by atoms with van der Waals surface area (Å²) in [5, 5.41) is 13.3. The van der Waals surface area contributed by atoms with E-state index in [1.807, 2.05) is 19.1 Å². The molecule has 1 aromatic heterocycles. The summed E-state index contributed by atoms with van der Waals surface area (Å²) < 4.78 is 22.6. The standard InChI is InChI=1S/C19H19N5O4S2/c1-11-3-5-14(6-4-11)23-18(26)24-19-21-12(2)16(29-19)17(25)22-13-7-9-15(10-8-13)30(20,27)28/h3-10H,1-2H3,(H,22,25)(H2,20,27,28)(H2,21,23,24,26). The molecule has 0 saturated carbocycles. The Bertz CT molecular complexity index is 1190. The van der Waals surface area contributed by atoms with Gasteiger partial charge in [-0.05, 0) is 50.2 Å². The molecule has 0 spiro atoms. The van der Waals surface area contributed by atoms with Gasteiger partial charge < -0.3 is 10.6 Å². The van der Waals surface area contributed by atoms with E-state index in [9.17, 15) is 18.0 Å². The molecule has 156 valence electrons. The van der Waals surface area contributed by atoms with Crippen molar-refractivity contribution in [3.05, 3.63) is 64.7 Å². The largest absolute Gasteiger partial charge is 0.325 e. The van der Waals surface area contributed by atoms with Crippen LogP contribution in [0.15, 0.2) is 53.4 Å². The average molecular weight is 446 g/mol. The van der Waals surface area contributed by atoms with Gasteiger partial charge in [0.05, 0.1) is 10.6 Å². The Morgan fingerprint density at radius 2 is 1.47 bits per heavy atom. The number of anilines is 3. The van der Waals surface area contributed by atoms with Crippen molar-refractivity contribution in [2.45, 2.75) is 18.7 Å². The molecule has 0 bridgehead atoms. The van der Waals surface area contributed by atoms with Crippen LogP contribution in [0.3, 0.4) is 0 Å². The Labute approximate surface area is 177 Å². The molecule has 0 radical (unpaired) electrons. The van der Waals surface area contributed by atoms with E-state index in [2.05, 4.69) is 20.9 Å². The molecule has 0 aliphatic heterocycles. The van der Waals surface area contributed by atoms with Gasteiger partial charge in [-0.15, -0.1) is 0 Å². The smallest absolute Gasteiger partial charge is 0.321 e. The number of hydrogen-bond donors (Lipinski definition) is 4. The number of thiazole rings is 1. The minimum atomic E-state index is -3.81. The Balaban J connectivity index is 1.65. The third-order valence-corrected chi connectivity index (χ3v) is 5.97. The Kier molecular flexibility index (Phi) is 6.15. The fraction of sp³-hybridized carbons (Fsp3) is 0.105. The minimum Gasteiger partial charge on any atom is -0.321 e. The molecule has 11 heteroatoms. The third-order valence-electron chi connectivity index (χ3n) is 3.97. The molecule has 5 N–H and O–H groups in total. The molecule has 0 atom stereocenters. The summed E-state index contributed by atoms with van der Waals surface area (Å²) in [5.74, 6) is -0.430. The molecule has 2 aromatic carbocycles. The quantitative estimate of drug-likeness (QED) is 0.476. The highest BCUT2D eigenvalue weighted by Crippen LogP contribution is 2.24. The van der Waals surface area contributed by atoms with Crippen LogP contribution < -0.4 is 21.1 Å². The number of aromatic nitrogens is 1. The highest BCUT2D eigenvalue weighted by atomic mass is 32.2. The number of aryl methyl sites for hydroxylation is 2. The van der Waals surface area contributed by atoms with Crippen molar-refractivity contribution in [3.8, 4) is 0 Å². The Hall–Kier alpha value is -3.28. The van der Waals surface area contributed by atoms with Gasteiger partial charge in [0.1, 0.15) is 4.88 Å². The van der Waals surface area contributed by atoms with Gasteiger partial charge in [-0.1, -0.05) is 29.0 Å². The molecule has 30 heavy (non-hydrogen) atoms. The molecule has 0 unspecified atom stereocenters. The van der Waals surface area contributed by atoms with E-state index in [0.29, 0.717) is 21.9 Å². The van der Waals surface area contributed by atoms with Crippen LogP contribution in [0, 0.1) is 13.8 Å². The zero-order valence-corrected chi connectivity index (χ0v) is 17.7. The van der Waals surface area contributed by atoms with E-state index in [0.717, 1.165) is 16.9 Å². The van der Waals surface area contributed by atoms with Crippen molar-refractivity contribution >= 4 is 49.8 Å². The van der Waals surface area contributed by atoms with Crippen molar-refractivity contribution in [1.29, 1.82) is 0 Å². The summed E-state index contributed by atoms with van der Waals surface area (Å²) in [6, 6.07) is 12.3. The van der Waals surface area contributed by atoms with Crippen LogP contribution >= 0.6 is 11.3 Å². The molecular weight excluding hydrogens is 426 g/mol. The van der Waals surface area contributed by atoms with Crippen molar-refractivity contribution in [2.24, 2.45) is 5.14 Å². The predicted octanol–water partition coefficient (Wildman–Crippen LogP) is 3.30. The summed E-state index contributed by atoms with van der Waals surface area (Å²) in [7, 11) is -3.81. The number of rotatable bonds is 5. The van der Waals surface area contributed by atoms with E-state index in [-0.39, 0.29) is 10.0 Å². The molecule has 1 heterocycles. The van der Waals surface area contributed by atoms with Crippen LogP contribution in [-0.4, -0.2) is 25.3 Å². The number of carbonyl (C=O) groups is 2. The van der Waals surface area contributed by atoms with Crippen LogP contribution in [0.1, 0.15) is 20.9 Å². The monoisotopic (exact) mass is 445 g/mol. The van der Waals surface area contributed by atoms with E-state index in [4.69, 9.17) is 5.14 Å². The van der Waals surface area contributed by atoms with Crippen LogP contribution in [-0.2, 0) is 10.0 Å². The SMILES string of the molecule is Cc1ccc(NC(=O)Nc2nc(C)c(C(=O)Nc3ccc(S(N)(=O)=O)cc3)s2)cc1. The van der Waals surface area contributed by atoms with Gasteiger partial charge >= 0.3 is 6.03 Å². The number of nitrogens with one attached hydrogen (secondary N) is 3. The normalized spacial score (nSPS) is 11.0. The number of sulfonamides is 1. The first kappa shape index (κ1) is 21.4. The minimum absolute atomic E-state index is 0.0551. The topological polar surface area (TPSA) is 143 Å². The molecule has 0 aliphatic rings. The van der Waals surface area contributed by atoms with Crippen LogP contribution in [0.25, 0.3) is 0 Å². The predicted molar refractivity (Wildman–Crippen MR) is 116 cm³/mol. The van der Waals surface area contributed by atoms with Crippen LogP contribution in [0.5, 0.6) is 0 Å². The van der Waals surface area contributed by atoms with Crippen molar-refractivity contribution < 1.29 is 18.0 Å². The molecule has 3 rings (SSSR count). The molecule has 3 aromatic rings. The van der Waals surface area contributed by atoms with E-state index in [1.165, 1.54) is 24.3 Å². The maximum absolute atomic E-state index is 12.5. The Morgan fingerprint density at radius 3 is 2.07 bits per heavy atom. The van der Waals surface area contributed by atoms with Gasteiger partial charge in [-0.3, -0.25) is 10.1 Å². The second-order valence-corrected chi connectivity index (χ2v) is 8.96. The number of primary sulfonamides is 1. The first-order valence-corrected chi connectivity index (χ1v) is 11.0. The maximum atomic E-state index is 12.5. The first-order valence-electron chi connectivity index (χ1n) is 8.68. The fourth-order valence-corrected chi connectivity index (χ4v) is 3.84. The molecule has 0 fully saturated rings. The summed E-state index contributed by atoms with van der Waals surface area (Å²) in [6.07, 6.45) is 0. The zero-order chi connectivity index (χ0) is 21.9. The van der Waals surface area contributed by atoms with Gasteiger partial charge in [0, 0.05) is 11.4 Å². The maximum Gasteiger partial charge on any atom is 0.325 e. The number of nitrogens with two attached hydrogens (primary N) is 1. The number of carbonyl (C=O) groups excluding carboxylic acids is 2. The second kappa shape index (κ2) is 8.61. The van der Waals surface area contributed by atoms with Crippen molar-refractivity contribution in [1.82, 2.24) is 4.98 Å². The van der Waals surface area contributed by atoms with Crippen molar-refractivity contribution in [2.75, 3.05) is 16.0 Å². The lowest BCUT2D eigenvalue weighted by atomic mass is 10.2. The van der Waals surface area contributed by atoms with Gasteiger partial charge in [-0.2, -0.15) is 0 Å². The number of amides is 3. The summed E-state index contributed by atoms with van der Waals surface area (Å²) in [4.78, 5) is 29.1. The van der Waals surface area contributed by atoms with E-state index < -0.39 is 22.0 Å². The average Bonchev–Trinajstić information content (AvgIpc) is 3.03. The highest BCUT2D eigenvalue weighted by Gasteiger charge is 2.17. The lowest BCUT2D eigenvalue weighted by Gasteiger charge is -2.05. The summed E-state index contributed by atoms with van der Waals surface area (Å²) >= 11 is 1.02. The van der Waals surface area contributed by atoms with Gasteiger partial charge in [0.25, 0.3) is 5.91 Å². The molecule has 3 amide bonds.